The van der Waals surface area contributed by atoms with Crippen LogP contribution in [0.3, 0.4) is 0 Å². The molecule has 0 amide bonds. The lowest BCUT2D eigenvalue weighted by Crippen LogP contribution is -2.44. The molecule has 1 N–H and O–H groups in total. The molecule has 1 rings (SSSR count). The Morgan fingerprint density at radius 2 is 2.07 bits per heavy atom. The molecule has 0 spiro atoms. The molecule has 2 nitrogen and oxygen atoms in total. The summed E-state index contributed by atoms with van der Waals surface area (Å²) in [4.78, 5) is 2.77. The second-order valence-electron chi connectivity index (χ2n) is 4.74. The Morgan fingerprint density at radius 3 is 2.53 bits per heavy atom. The average molecular weight is 212 g/mol. The van der Waals surface area contributed by atoms with Crippen molar-refractivity contribution in [2.45, 2.75) is 65.0 Å². The molecule has 1 aliphatic rings. The van der Waals surface area contributed by atoms with E-state index in [0.29, 0.717) is 0 Å². The van der Waals surface area contributed by atoms with Crippen LogP contribution in [-0.2, 0) is 0 Å². The third-order valence-corrected chi connectivity index (χ3v) is 3.55. The van der Waals surface area contributed by atoms with E-state index in [1.54, 1.807) is 0 Å². The van der Waals surface area contributed by atoms with Gasteiger partial charge in [0.1, 0.15) is 0 Å². The molecule has 90 valence electrons. The first kappa shape index (κ1) is 13.0. The van der Waals surface area contributed by atoms with E-state index in [1.807, 2.05) is 0 Å². The van der Waals surface area contributed by atoms with Gasteiger partial charge in [-0.15, -0.1) is 0 Å². The zero-order valence-corrected chi connectivity index (χ0v) is 10.8. The van der Waals surface area contributed by atoms with Gasteiger partial charge in [-0.1, -0.05) is 27.2 Å². The molecule has 0 aromatic carbocycles. The minimum absolute atomic E-state index is 0.807. The average Bonchev–Trinajstić information content (AvgIpc) is 2.76. The van der Waals surface area contributed by atoms with Crippen molar-refractivity contribution in [3.05, 3.63) is 0 Å². The van der Waals surface area contributed by atoms with E-state index < -0.39 is 0 Å². The maximum atomic E-state index is 3.49. The van der Waals surface area contributed by atoms with E-state index in [1.165, 1.54) is 51.7 Å². The second-order valence-corrected chi connectivity index (χ2v) is 4.74. The minimum atomic E-state index is 0.807. The van der Waals surface area contributed by atoms with Crippen LogP contribution in [-0.4, -0.2) is 36.6 Å². The van der Waals surface area contributed by atoms with Crippen LogP contribution in [0.5, 0.6) is 0 Å². The SMILES string of the molecule is CCCC(CC)N(CCC)C1CCNC1. The van der Waals surface area contributed by atoms with Crippen LogP contribution in [0, 0.1) is 0 Å². The zero-order chi connectivity index (χ0) is 11.1. The first-order valence-corrected chi connectivity index (χ1v) is 6.79. The van der Waals surface area contributed by atoms with E-state index in [-0.39, 0.29) is 0 Å². The van der Waals surface area contributed by atoms with E-state index in [2.05, 4.69) is 31.0 Å². The molecule has 0 aromatic heterocycles. The van der Waals surface area contributed by atoms with E-state index in [9.17, 15) is 0 Å². The maximum Gasteiger partial charge on any atom is 0.0235 e. The molecule has 0 saturated carbocycles. The second kappa shape index (κ2) is 7.24. The first-order chi connectivity index (χ1) is 7.33. The molecular formula is C13H28N2. The highest BCUT2D eigenvalue weighted by molar-refractivity contribution is 4.84. The largest absolute Gasteiger partial charge is 0.315 e. The Morgan fingerprint density at radius 1 is 1.27 bits per heavy atom. The number of hydrogen-bond donors (Lipinski definition) is 1. The van der Waals surface area contributed by atoms with Crippen LogP contribution in [0.4, 0.5) is 0 Å². The maximum absolute atomic E-state index is 3.49. The summed E-state index contributed by atoms with van der Waals surface area (Å²) in [6.07, 6.45) is 6.63. The van der Waals surface area contributed by atoms with Crippen molar-refractivity contribution >= 4 is 0 Å². The third-order valence-electron chi connectivity index (χ3n) is 3.55. The predicted octanol–water partition coefficient (Wildman–Crippen LogP) is 2.64. The molecule has 0 aromatic rings. The zero-order valence-electron chi connectivity index (χ0n) is 10.8. The number of rotatable bonds is 7. The van der Waals surface area contributed by atoms with Gasteiger partial charge in [0.05, 0.1) is 0 Å². The lowest BCUT2D eigenvalue weighted by atomic mass is 10.0. The van der Waals surface area contributed by atoms with Crippen LogP contribution in [0.2, 0.25) is 0 Å². The van der Waals surface area contributed by atoms with Crippen molar-refractivity contribution in [2.75, 3.05) is 19.6 Å². The smallest absolute Gasteiger partial charge is 0.0235 e. The van der Waals surface area contributed by atoms with Crippen molar-refractivity contribution in [1.29, 1.82) is 0 Å². The van der Waals surface area contributed by atoms with Crippen LogP contribution >= 0.6 is 0 Å². The fourth-order valence-electron chi connectivity index (χ4n) is 2.78. The number of nitrogens with zero attached hydrogens (tertiary/aromatic N) is 1. The van der Waals surface area contributed by atoms with Gasteiger partial charge in [-0.2, -0.15) is 0 Å². The van der Waals surface area contributed by atoms with Gasteiger partial charge in [-0.3, -0.25) is 4.90 Å². The van der Waals surface area contributed by atoms with Crippen LogP contribution < -0.4 is 5.32 Å². The molecule has 1 fully saturated rings. The highest BCUT2D eigenvalue weighted by atomic mass is 15.2. The lowest BCUT2D eigenvalue weighted by Gasteiger charge is -2.35. The van der Waals surface area contributed by atoms with Crippen molar-refractivity contribution in [2.24, 2.45) is 0 Å². The van der Waals surface area contributed by atoms with Gasteiger partial charge in [0.15, 0.2) is 0 Å². The molecule has 1 heterocycles. The minimum Gasteiger partial charge on any atom is -0.315 e. The fourth-order valence-corrected chi connectivity index (χ4v) is 2.78. The summed E-state index contributed by atoms with van der Waals surface area (Å²) in [5.74, 6) is 0. The van der Waals surface area contributed by atoms with E-state index >= 15 is 0 Å². The molecular weight excluding hydrogens is 184 g/mol. The van der Waals surface area contributed by atoms with Gasteiger partial charge >= 0.3 is 0 Å². The summed E-state index contributed by atoms with van der Waals surface area (Å²) in [6.45, 7) is 10.7. The molecule has 0 radical (unpaired) electrons. The van der Waals surface area contributed by atoms with Crippen LogP contribution in [0.15, 0.2) is 0 Å². The lowest BCUT2D eigenvalue weighted by molar-refractivity contribution is 0.130. The molecule has 2 atom stereocenters. The standard InChI is InChI=1S/C13H28N2/c1-4-7-12(6-3)15(10-5-2)13-8-9-14-11-13/h12-14H,4-11H2,1-3H3. The molecule has 0 bridgehead atoms. The van der Waals surface area contributed by atoms with Crippen LogP contribution in [0.25, 0.3) is 0 Å². The number of nitrogens with one attached hydrogen (secondary N) is 1. The summed E-state index contributed by atoms with van der Waals surface area (Å²) in [6, 6.07) is 1.63. The summed E-state index contributed by atoms with van der Waals surface area (Å²) in [5, 5.41) is 3.49. The monoisotopic (exact) mass is 212 g/mol. The summed E-state index contributed by atoms with van der Waals surface area (Å²) in [7, 11) is 0. The Balaban J connectivity index is 2.52. The number of hydrogen-bond acceptors (Lipinski definition) is 2. The van der Waals surface area contributed by atoms with E-state index in [4.69, 9.17) is 0 Å². The van der Waals surface area contributed by atoms with E-state index in [0.717, 1.165) is 12.1 Å². The molecule has 2 heteroatoms. The van der Waals surface area contributed by atoms with Gasteiger partial charge in [0.25, 0.3) is 0 Å². The Labute approximate surface area is 95.4 Å². The topological polar surface area (TPSA) is 15.3 Å². The van der Waals surface area contributed by atoms with Gasteiger partial charge in [-0.25, -0.2) is 0 Å². The van der Waals surface area contributed by atoms with Gasteiger partial charge in [0, 0.05) is 18.6 Å². The predicted molar refractivity (Wildman–Crippen MR) is 67.3 cm³/mol. The van der Waals surface area contributed by atoms with Crippen molar-refractivity contribution < 1.29 is 0 Å². The molecule has 1 aliphatic heterocycles. The highest BCUT2D eigenvalue weighted by Crippen LogP contribution is 2.18. The Kier molecular flexibility index (Phi) is 6.26. The molecule has 15 heavy (non-hydrogen) atoms. The Bertz CT molecular complexity index is 153. The first-order valence-electron chi connectivity index (χ1n) is 6.79. The molecule has 2 unspecified atom stereocenters. The molecule has 1 saturated heterocycles. The fraction of sp³-hybridized carbons (Fsp3) is 1.00. The summed E-state index contributed by atoms with van der Waals surface area (Å²) in [5.41, 5.74) is 0. The normalized spacial score (nSPS) is 23.6. The summed E-state index contributed by atoms with van der Waals surface area (Å²) < 4.78 is 0. The van der Waals surface area contributed by atoms with Crippen molar-refractivity contribution in [1.82, 2.24) is 10.2 Å². The third kappa shape index (κ3) is 3.76. The Hall–Kier alpha value is -0.0800. The van der Waals surface area contributed by atoms with Gasteiger partial charge in [-0.05, 0) is 38.8 Å². The van der Waals surface area contributed by atoms with Crippen molar-refractivity contribution in [3.63, 3.8) is 0 Å². The highest BCUT2D eigenvalue weighted by Gasteiger charge is 2.26. The van der Waals surface area contributed by atoms with Crippen molar-refractivity contribution in [3.8, 4) is 0 Å². The van der Waals surface area contributed by atoms with Gasteiger partial charge < -0.3 is 5.32 Å². The quantitative estimate of drug-likeness (QED) is 0.698. The van der Waals surface area contributed by atoms with Gasteiger partial charge in [0.2, 0.25) is 0 Å². The summed E-state index contributed by atoms with van der Waals surface area (Å²) >= 11 is 0. The molecule has 0 aliphatic carbocycles. The van der Waals surface area contributed by atoms with Crippen LogP contribution in [0.1, 0.15) is 52.9 Å².